The van der Waals surface area contributed by atoms with E-state index in [4.69, 9.17) is 9.47 Å². The van der Waals surface area contributed by atoms with Crippen molar-refractivity contribution in [1.82, 2.24) is 10.2 Å². The van der Waals surface area contributed by atoms with Crippen LogP contribution in [0.1, 0.15) is 5.56 Å². The molecule has 3 aromatic rings. The predicted molar refractivity (Wildman–Crippen MR) is 80.9 cm³/mol. The zero-order chi connectivity index (χ0) is 14.1. The van der Waals surface area contributed by atoms with Gasteiger partial charge in [-0.1, -0.05) is 12.1 Å². The highest BCUT2D eigenvalue weighted by Crippen LogP contribution is 2.34. The minimum Gasteiger partial charge on any atom is -0.486 e. The van der Waals surface area contributed by atoms with Gasteiger partial charge < -0.3 is 14.8 Å². The average molecular weight is 281 g/mol. The maximum atomic E-state index is 5.72. The number of H-pyrrole nitrogens is 1. The molecule has 0 bridgehead atoms. The first-order chi connectivity index (χ1) is 10.4. The normalized spacial score (nSPS) is 13.3. The van der Waals surface area contributed by atoms with Gasteiger partial charge in [-0.2, -0.15) is 5.10 Å². The van der Waals surface area contributed by atoms with Gasteiger partial charge in [-0.15, -0.1) is 0 Å². The van der Waals surface area contributed by atoms with Crippen molar-refractivity contribution in [1.29, 1.82) is 0 Å². The molecule has 0 saturated heterocycles. The van der Waals surface area contributed by atoms with Crippen molar-refractivity contribution in [3.63, 3.8) is 0 Å². The summed E-state index contributed by atoms with van der Waals surface area (Å²) in [6, 6.07) is 12.1. The van der Waals surface area contributed by atoms with Gasteiger partial charge in [-0.05, 0) is 24.3 Å². The van der Waals surface area contributed by atoms with Crippen molar-refractivity contribution >= 4 is 16.6 Å². The molecular formula is C16H15N3O2. The number of benzene rings is 2. The Labute approximate surface area is 121 Å². The number of para-hydroxylation sites is 1. The van der Waals surface area contributed by atoms with Gasteiger partial charge in [0.05, 0.1) is 11.7 Å². The molecule has 1 aromatic heterocycles. The van der Waals surface area contributed by atoms with Crippen LogP contribution in [0.5, 0.6) is 11.5 Å². The Kier molecular flexibility index (Phi) is 2.88. The van der Waals surface area contributed by atoms with E-state index in [1.165, 1.54) is 0 Å². The first kappa shape index (κ1) is 12.1. The number of hydrogen-bond donors (Lipinski definition) is 2. The molecule has 0 fully saturated rings. The fourth-order valence-electron chi connectivity index (χ4n) is 2.52. The molecule has 2 aromatic carbocycles. The van der Waals surface area contributed by atoms with Gasteiger partial charge in [-0.25, -0.2) is 0 Å². The van der Waals surface area contributed by atoms with Crippen LogP contribution in [0.15, 0.2) is 42.6 Å². The van der Waals surface area contributed by atoms with Crippen LogP contribution in [0.4, 0.5) is 5.69 Å². The molecular weight excluding hydrogens is 266 g/mol. The largest absolute Gasteiger partial charge is 0.486 e. The lowest BCUT2D eigenvalue weighted by atomic mass is 10.1. The van der Waals surface area contributed by atoms with Crippen LogP contribution in [0, 0.1) is 0 Å². The lowest BCUT2D eigenvalue weighted by molar-refractivity contribution is 0.170. The van der Waals surface area contributed by atoms with Gasteiger partial charge in [0.1, 0.15) is 13.2 Å². The summed E-state index contributed by atoms with van der Waals surface area (Å²) >= 11 is 0. The molecule has 0 unspecified atom stereocenters. The Hall–Kier alpha value is -2.69. The zero-order valence-corrected chi connectivity index (χ0v) is 11.4. The molecule has 1 aliphatic heterocycles. The summed E-state index contributed by atoms with van der Waals surface area (Å²) < 4.78 is 11.3. The van der Waals surface area contributed by atoms with E-state index in [9.17, 15) is 0 Å². The van der Waals surface area contributed by atoms with Crippen LogP contribution in [0.3, 0.4) is 0 Å². The number of nitrogens with zero attached hydrogens (tertiary/aromatic N) is 1. The molecule has 0 radical (unpaired) electrons. The number of aromatic nitrogens is 2. The number of nitrogens with one attached hydrogen (secondary N) is 2. The third-order valence-electron chi connectivity index (χ3n) is 3.57. The molecule has 4 rings (SSSR count). The van der Waals surface area contributed by atoms with Crippen LogP contribution < -0.4 is 14.8 Å². The van der Waals surface area contributed by atoms with E-state index >= 15 is 0 Å². The van der Waals surface area contributed by atoms with Gasteiger partial charge >= 0.3 is 0 Å². The molecule has 1 aliphatic rings. The number of ether oxygens (including phenoxy) is 2. The molecule has 5 nitrogen and oxygen atoms in total. The average Bonchev–Trinajstić information content (AvgIpc) is 3.00. The Balaban J connectivity index is 1.56. The van der Waals surface area contributed by atoms with Crippen molar-refractivity contribution in [3.8, 4) is 11.5 Å². The Bertz CT molecular complexity index is 782. The number of fused-ring (bicyclic) bond motifs is 2. The summed E-state index contributed by atoms with van der Waals surface area (Å²) in [6.07, 6.45) is 1.82. The smallest absolute Gasteiger partial charge is 0.166 e. The third kappa shape index (κ3) is 2.27. The van der Waals surface area contributed by atoms with Crippen LogP contribution in [-0.4, -0.2) is 23.4 Å². The maximum Gasteiger partial charge on any atom is 0.166 e. The number of hydrogen-bond acceptors (Lipinski definition) is 4. The van der Waals surface area contributed by atoms with E-state index in [0.29, 0.717) is 19.8 Å². The molecule has 106 valence electrons. The summed E-state index contributed by atoms with van der Waals surface area (Å²) in [6.45, 7) is 1.90. The molecule has 2 N–H and O–H groups in total. The lowest BCUT2D eigenvalue weighted by Crippen LogP contribution is -2.17. The van der Waals surface area contributed by atoms with Gasteiger partial charge in [0.2, 0.25) is 0 Å². The van der Waals surface area contributed by atoms with Gasteiger partial charge in [-0.3, -0.25) is 5.10 Å². The highest BCUT2D eigenvalue weighted by molar-refractivity contribution is 5.81. The van der Waals surface area contributed by atoms with E-state index in [1.807, 2.05) is 30.5 Å². The summed E-state index contributed by atoms with van der Waals surface area (Å²) in [7, 11) is 0. The molecule has 5 heteroatoms. The predicted octanol–water partition coefficient (Wildman–Crippen LogP) is 2.95. The summed E-state index contributed by atoms with van der Waals surface area (Å²) in [4.78, 5) is 0. The Morgan fingerprint density at radius 3 is 3.10 bits per heavy atom. The topological polar surface area (TPSA) is 59.2 Å². The molecule has 2 heterocycles. The van der Waals surface area contributed by atoms with Crippen LogP contribution in [0.2, 0.25) is 0 Å². The van der Waals surface area contributed by atoms with Crippen molar-refractivity contribution in [3.05, 3.63) is 48.2 Å². The first-order valence-electron chi connectivity index (χ1n) is 6.95. The Morgan fingerprint density at radius 2 is 2.10 bits per heavy atom. The quantitative estimate of drug-likeness (QED) is 0.775. The monoisotopic (exact) mass is 281 g/mol. The molecule has 0 atom stereocenters. The summed E-state index contributed by atoms with van der Waals surface area (Å²) in [5.41, 5.74) is 3.16. The molecule has 0 aliphatic carbocycles. The highest BCUT2D eigenvalue weighted by atomic mass is 16.6. The van der Waals surface area contributed by atoms with Crippen molar-refractivity contribution in [2.24, 2.45) is 0 Å². The van der Waals surface area contributed by atoms with E-state index in [0.717, 1.165) is 33.7 Å². The molecule has 0 spiro atoms. The zero-order valence-electron chi connectivity index (χ0n) is 11.4. The molecule has 0 amide bonds. The number of rotatable bonds is 3. The van der Waals surface area contributed by atoms with Gasteiger partial charge in [0.25, 0.3) is 0 Å². The number of aromatic amines is 1. The lowest BCUT2D eigenvalue weighted by Gasteiger charge is -2.21. The van der Waals surface area contributed by atoms with E-state index in [1.54, 1.807) is 0 Å². The highest BCUT2D eigenvalue weighted by Gasteiger charge is 2.15. The van der Waals surface area contributed by atoms with Crippen LogP contribution in [-0.2, 0) is 6.54 Å². The fourth-order valence-corrected chi connectivity index (χ4v) is 2.52. The van der Waals surface area contributed by atoms with Gasteiger partial charge in [0, 0.05) is 23.2 Å². The minimum absolute atomic E-state index is 0.601. The Morgan fingerprint density at radius 1 is 1.14 bits per heavy atom. The van der Waals surface area contributed by atoms with Crippen LogP contribution >= 0.6 is 0 Å². The van der Waals surface area contributed by atoms with Crippen molar-refractivity contribution < 1.29 is 9.47 Å². The fraction of sp³-hybridized carbons (Fsp3) is 0.188. The number of anilines is 1. The first-order valence-corrected chi connectivity index (χ1v) is 6.95. The molecule has 0 saturated carbocycles. The molecule has 21 heavy (non-hydrogen) atoms. The van der Waals surface area contributed by atoms with Gasteiger partial charge in [0.15, 0.2) is 11.5 Å². The van der Waals surface area contributed by atoms with E-state index < -0.39 is 0 Å². The SMILES string of the molecule is c1cc(CNc2ccc3cn[nH]c3c2)c2c(c1)OCCO2. The summed E-state index contributed by atoms with van der Waals surface area (Å²) in [5, 5.41) is 11.5. The second-order valence-electron chi connectivity index (χ2n) is 4.97. The van der Waals surface area contributed by atoms with E-state index in [-0.39, 0.29) is 0 Å². The standard InChI is InChI=1S/C16H15N3O2/c1-2-12(16-15(3-1)20-6-7-21-16)9-17-13-5-4-11-10-18-19-14(11)8-13/h1-5,8,10,17H,6-7,9H2,(H,18,19). The second-order valence-corrected chi connectivity index (χ2v) is 4.97. The van der Waals surface area contributed by atoms with E-state index in [2.05, 4.69) is 27.6 Å². The second kappa shape index (κ2) is 5.01. The third-order valence-corrected chi connectivity index (χ3v) is 3.57. The van der Waals surface area contributed by atoms with Crippen molar-refractivity contribution in [2.45, 2.75) is 6.54 Å². The summed E-state index contributed by atoms with van der Waals surface area (Å²) in [5.74, 6) is 1.67. The van der Waals surface area contributed by atoms with Crippen LogP contribution in [0.25, 0.3) is 10.9 Å². The minimum atomic E-state index is 0.601. The van der Waals surface area contributed by atoms with Crippen molar-refractivity contribution in [2.75, 3.05) is 18.5 Å². The maximum absolute atomic E-state index is 5.72.